The van der Waals surface area contributed by atoms with E-state index in [0.29, 0.717) is 22.2 Å². The molecule has 0 saturated heterocycles. The zero-order valence-electron chi connectivity index (χ0n) is 19.0. The Kier molecular flexibility index (Phi) is 6.75. The van der Waals surface area contributed by atoms with Gasteiger partial charge >= 0.3 is 0 Å². The average molecular weight is 507 g/mol. The Hall–Kier alpha value is -3.35. The summed E-state index contributed by atoms with van der Waals surface area (Å²) in [6, 6.07) is 20.2. The van der Waals surface area contributed by atoms with Gasteiger partial charge in [0.25, 0.3) is 5.91 Å². The number of carbonyl (C=O) groups excluding carboxylic acids is 2. The number of benzene rings is 3. The molecule has 0 saturated carbocycles. The van der Waals surface area contributed by atoms with E-state index in [9.17, 15) is 9.59 Å². The molecule has 0 spiro atoms. The van der Waals surface area contributed by atoms with Crippen molar-refractivity contribution in [3.05, 3.63) is 99.0 Å². The van der Waals surface area contributed by atoms with Crippen molar-refractivity contribution in [1.82, 2.24) is 10.2 Å². The molecule has 2 heterocycles. The highest BCUT2D eigenvalue weighted by molar-refractivity contribution is 6.32. The summed E-state index contributed by atoms with van der Waals surface area (Å²) in [4.78, 5) is 34.5. The molecule has 0 bridgehead atoms. The third-order valence-electron chi connectivity index (χ3n) is 6.20. The fourth-order valence-corrected chi connectivity index (χ4v) is 4.71. The Balaban J connectivity index is 1.42. The Morgan fingerprint density at radius 3 is 2.46 bits per heavy atom. The summed E-state index contributed by atoms with van der Waals surface area (Å²) >= 11 is 12.5. The highest BCUT2D eigenvalue weighted by Gasteiger charge is 2.30. The molecule has 3 aromatic rings. The zero-order chi connectivity index (χ0) is 24.4. The van der Waals surface area contributed by atoms with Crippen LogP contribution in [0.1, 0.15) is 33.5 Å². The number of halogens is 2. The van der Waals surface area contributed by atoms with E-state index in [-0.39, 0.29) is 24.9 Å². The van der Waals surface area contributed by atoms with E-state index in [1.54, 1.807) is 35.2 Å². The summed E-state index contributed by atoms with van der Waals surface area (Å²) in [6.45, 7) is 2.31. The molecule has 0 aliphatic carbocycles. The van der Waals surface area contributed by atoms with E-state index in [2.05, 4.69) is 10.3 Å². The SMILES string of the molecule is O=C(c1ccc(Cl)cc1)N1CC(=O)N(Cc2ccc(C3=NCCCN3)cc2)c2cccc(Cl)c2C1. The second-order valence-electron chi connectivity index (χ2n) is 8.59. The fraction of sp³-hybridized carbons (Fsp3) is 0.222. The number of fused-ring (bicyclic) bond motifs is 1. The molecule has 1 N–H and O–H groups in total. The lowest BCUT2D eigenvalue weighted by molar-refractivity contribution is -0.119. The van der Waals surface area contributed by atoms with E-state index in [4.69, 9.17) is 23.2 Å². The lowest BCUT2D eigenvalue weighted by atomic mass is 10.1. The molecule has 6 nitrogen and oxygen atoms in total. The maximum atomic E-state index is 13.4. The number of rotatable bonds is 4. The maximum Gasteiger partial charge on any atom is 0.254 e. The van der Waals surface area contributed by atoms with Gasteiger partial charge in [-0.1, -0.05) is 53.5 Å². The summed E-state index contributed by atoms with van der Waals surface area (Å²) in [5.74, 6) is 0.491. The minimum Gasteiger partial charge on any atom is -0.370 e. The standard InChI is InChI=1S/C27H24Cl2N4O2/c28-21-11-9-20(10-12-21)27(35)32-16-22-23(29)3-1-4-24(22)33(25(34)17-32)15-18-5-7-19(8-6-18)26-30-13-2-14-31-26/h1,3-12H,2,13-17H2,(H,30,31). The van der Waals surface area contributed by atoms with E-state index in [1.165, 1.54) is 4.90 Å². The first-order chi connectivity index (χ1) is 17.0. The van der Waals surface area contributed by atoms with Gasteiger partial charge in [0.1, 0.15) is 12.4 Å². The predicted molar refractivity (Wildman–Crippen MR) is 139 cm³/mol. The summed E-state index contributed by atoms with van der Waals surface area (Å²) in [5, 5.41) is 4.40. The third-order valence-corrected chi connectivity index (χ3v) is 6.81. The van der Waals surface area contributed by atoms with Gasteiger partial charge in [-0.3, -0.25) is 14.6 Å². The minimum absolute atomic E-state index is 0.0503. The Bertz CT molecular complexity index is 1290. The van der Waals surface area contributed by atoms with Crippen LogP contribution in [-0.4, -0.2) is 42.2 Å². The van der Waals surface area contributed by atoms with Crippen LogP contribution in [0.15, 0.2) is 71.7 Å². The molecule has 2 amide bonds. The van der Waals surface area contributed by atoms with E-state index in [1.807, 2.05) is 36.4 Å². The quantitative estimate of drug-likeness (QED) is 0.545. The number of aliphatic imine (C=N–C) groups is 1. The number of nitrogens with one attached hydrogen (secondary N) is 1. The molecule has 3 aromatic carbocycles. The van der Waals surface area contributed by atoms with Crippen molar-refractivity contribution in [1.29, 1.82) is 0 Å². The van der Waals surface area contributed by atoms with E-state index < -0.39 is 0 Å². The van der Waals surface area contributed by atoms with Crippen LogP contribution in [-0.2, 0) is 17.9 Å². The number of hydrogen-bond donors (Lipinski definition) is 1. The molecule has 0 aromatic heterocycles. The number of amidine groups is 1. The normalized spacial score (nSPS) is 15.7. The van der Waals surface area contributed by atoms with Crippen molar-refractivity contribution in [2.24, 2.45) is 4.99 Å². The van der Waals surface area contributed by atoms with Crippen molar-refractivity contribution in [3.63, 3.8) is 0 Å². The van der Waals surface area contributed by atoms with Crippen LogP contribution < -0.4 is 10.2 Å². The first-order valence-corrected chi connectivity index (χ1v) is 12.3. The number of hydrogen-bond acceptors (Lipinski definition) is 4. The lowest BCUT2D eigenvalue weighted by Gasteiger charge is -2.23. The smallest absolute Gasteiger partial charge is 0.254 e. The van der Waals surface area contributed by atoms with Gasteiger partial charge in [-0.15, -0.1) is 0 Å². The van der Waals surface area contributed by atoms with Gasteiger partial charge in [0.2, 0.25) is 5.91 Å². The van der Waals surface area contributed by atoms with Crippen LogP contribution >= 0.6 is 23.2 Å². The van der Waals surface area contributed by atoms with Crippen LogP contribution in [0.4, 0.5) is 5.69 Å². The van der Waals surface area contributed by atoms with Gasteiger partial charge in [0, 0.05) is 39.8 Å². The molecule has 2 aliphatic rings. The van der Waals surface area contributed by atoms with Crippen LogP contribution in [0.25, 0.3) is 0 Å². The molecular weight excluding hydrogens is 483 g/mol. The summed E-state index contributed by atoms with van der Waals surface area (Å²) in [6.07, 6.45) is 1.04. The van der Waals surface area contributed by atoms with Crippen molar-refractivity contribution in [3.8, 4) is 0 Å². The number of carbonyl (C=O) groups is 2. The first kappa shape index (κ1) is 23.4. The summed E-state index contributed by atoms with van der Waals surface area (Å²) in [7, 11) is 0. The number of amides is 2. The largest absolute Gasteiger partial charge is 0.370 e. The second-order valence-corrected chi connectivity index (χ2v) is 9.44. The molecule has 2 aliphatic heterocycles. The monoisotopic (exact) mass is 506 g/mol. The van der Waals surface area contributed by atoms with Gasteiger partial charge < -0.3 is 15.1 Å². The van der Waals surface area contributed by atoms with E-state index in [0.717, 1.165) is 47.7 Å². The topological polar surface area (TPSA) is 65.0 Å². The average Bonchev–Trinajstić information content (AvgIpc) is 3.02. The number of nitrogens with zero attached hydrogens (tertiary/aromatic N) is 3. The molecule has 8 heteroatoms. The zero-order valence-corrected chi connectivity index (χ0v) is 20.5. The van der Waals surface area contributed by atoms with Crippen LogP contribution in [0.2, 0.25) is 10.0 Å². The molecule has 0 fully saturated rings. The number of anilines is 1. The molecule has 5 rings (SSSR count). The predicted octanol–water partition coefficient (Wildman–Crippen LogP) is 4.92. The Labute approximate surface area is 214 Å². The van der Waals surface area contributed by atoms with Gasteiger partial charge in [0.15, 0.2) is 0 Å². The molecule has 0 atom stereocenters. The van der Waals surface area contributed by atoms with E-state index >= 15 is 0 Å². The molecule has 178 valence electrons. The van der Waals surface area contributed by atoms with Gasteiger partial charge in [0.05, 0.1) is 18.8 Å². The molecular formula is C27H24Cl2N4O2. The lowest BCUT2D eigenvalue weighted by Crippen LogP contribution is -2.39. The Morgan fingerprint density at radius 1 is 0.971 bits per heavy atom. The second kappa shape index (κ2) is 10.1. The van der Waals surface area contributed by atoms with Crippen molar-refractivity contribution >= 4 is 46.5 Å². The highest BCUT2D eigenvalue weighted by Crippen LogP contribution is 2.33. The van der Waals surface area contributed by atoms with Crippen LogP contribution in [0.5, 0.6) is 0 Å². The molecule has 0 radical (unpaired) electrons. The van der Waals surface area contributed by atoms with Crippen molar-refractivity contribution in [2.75, 3.05) is 24.5 Å². The van der Waals surface area contributed by atoms with Gasteiger partial charge in [-0.2, -0.15) is 0 Å². The highest BCUT2D eigenvalue weighted by atomic mass is 35.5. The minimum atomic E-state index is -0.243. The van der Waals surface area contributed by atoms with Crippen LogP contribution in [0.3, 0.4) is 0 Å². The maximum absolute atomic E-state index is 13.4. The van der Waals surface area contributed by atoms with Gasteiger partial charge in [-0.05, 0) is 48.4 Å². The van der Waals surface area contributed by atoms with Crippen molar-refractivity contribution < 1.29 is 9.59 Å². The first-order valence-electron chi connectivity index (χ1n) is 11.5. The van der Waals surface area contributed by atoms with Crippen molar-refractivity contribution in [2.45, 2.75) is 19.5 Å². The molecule has 35 heavy (non-hydrogen) atoms. The summed E-state index contributed by atoms with van der Waals surface area (Å²) < 4.78 is 0. The van der Waals surface area contributed by atoms with Gasteiger partial charge in [-0.25, -0.2) is 0 Å². The molecule has 0 unspecified atom stereocenters. The van der Waals surface area contributed by atoms with Crippen LogP contribution in [0, 0.1) is 0 Å². The third kappa shape index (κ3) is 5.04. The summed E-state index contributed by atoms with van der Waals surface area (Å²) in [5.41, 5.74) is 3.94. The Morgan fingerprint density at radius 2 is 1.74 bits per heavy atom. The fourth-order valence-electron chi connectivity index (χ4n) is 4.35.